The SMILES string of the molecule is CCOc1cc(C=C2SC(N3CCCCC3)=NC2=O)ccc1OC(F)F. The number of halogens is 2. The zero-order chi connectivity index (χ0) is 18.5. The van der Waals surface area contributed by atoms with E-state index in [1.165, 1.54) is 24.2 Å². The van der Waals surface area contributed by atoms with Crippen molar-refractivity contribution in [1.82, 2.24) is 4.90 Å². The van der Waals surface area contributed by atoms with Crippen molar-refractivity contribution < 1.29 is 23.0 Å². The first-order valence-corrected chi connectivity index (χ1v) is 9.37. The second-order valence-corrected chi connectivity index (χ2v) is 6.88. The highest BCUT2D eigenvalue weighted by Crippen LogP contribution is 2.34. The van der Waals surface area contributed by atoms with Crippen molar-refractivity contribution in [3.05, 3.63) is 28.7 Å². The normalized spacial score (nSPS) is 19.2. The predicted molar refractivity (Wildman–Crippen MR) is 97.7 cm³/mol. The van der Waals surface area contributed by atoms with Gasteiger partial charge in [-0.2, -0.15) is 13.8 Å². The van der Waals surface area contributed by atoms with Crippen LogP contribution in [0.5, 0.6) is 11.5 Å². The zero-order valence-corrected chi connectivity index (χ0v) is 15.2. The van der Waals surface area contributed by atoms with Crippen LogP contribution in [0.2, 0.25) is 0 Å². The van der Waals surface area contributed by atoms with Gasteiger partial charge in [-0.05, 0) is 61.7 Å². The fraction of sp³-hybridized carbons (Fsp3) is 0.444. The van der Waals surface area contributed by atoms with E-state index >= 15 is 0 Å². The molecule has 2 heterocycles. The van der Waals surface area contributed by atoms with Crippen LogP contribution in [0.4, 0.5) is 8.78 Å². The Labute approximate surface area is 155 Å². The number of piperidine rings is 1. The summed E-state index contributed by atoms with van der Waals surface area (Å²) in [6, 6.07) is 4.61. The van der Waals surface area contributed by atoms with Gasteiger partial charge in [0, 0.05) is 13.1 Å². The molecule has 1 aromatic carbocycles. The Morgan fingerprint density at radius 1 is 1.27 bits per heavy atom. The van der Waals surface area contributed by atoms with E-state index in [2.05, 4.69) is 14.6 Å². The monoisotopic (exact) mass is 382 g/mol. The van der Waals surface area contributed by atoms with Crippen molar-refractivity contribution in [2.24, 2.45) is 4.99 Å². The fourth-order valence-electron chi connectivity index (χ4n) is 2.85. The average molecular weight is 382 g/mol. The molecule has 0 saturated carbocycles. The Balaban J connectivity index is 1.77. The summed E-state index contributed by atoms with van der Waals surface area (Å²) in [6.45, 7) is 0.981. The maximum Gasteiger partial charge on any atom is 0.387 e. The van der Waals surface area contributed by atoms with Gasteiger partial charge in [-0.3, -0.25) is 4.79 Å². The highest BCUT2D eigenvalue weighted by Gasteiger charge is 2.27. The lowest BCUT2D eigenvalue weighted by Crippen LogP contribution is -2.33. The van der Waals surface area contributed by atoms with E-state index < -0.39 is 6.61 Å². The number of carbonyl (C=O) groups is 1. The molecular formula is C18H20F2N2O3S. The molecular weight excluding hydrogens is 362 g/mol. The number of ether oxygens (including phenoxy) is 2. The summed E-state index contributed by atoms with van der Waals surface area (Å²) in [6.07, 6.45) is 5.12. The molecule has 1 fully saturated rings. The number of hydrogen-bond acceptors (Lipinski definition) is 5. The number of aliphatic imine (C=N–C) groups is 1. The molecule has 3 rings (SSSR count). The lowest BCUT2D eigenvalue weighted by molar-refractivity contribution is -0.113. The van der Waals surface area contributed by atoms with E-state index in [1.54, 1.807) is 25.1 Å². The first-order chi connectivity index (χ1) is 12.6. The Morgan fingerprint density at radius 3 is 2.73 bits per heavy atom. The van der Waals surface area contributed by atoms with Crippen LogP contribution in [0.1, 0.15) is 31.7 Å². The molecule has 0 bridgehead atoms. The number of nitrogens with zero attached hydrogens (tertiary/aromatic N) is 2. The van der Waals surface area contributed by atoms with Crippen LogP contribution in [0, 0.1) is 0 Å². The van der Waals surface area contributed by atoms with E-state index in [0.717, 1.165) is 31.1 Å². The molecule has 0 aliphatic carbocycles. The number of hydrogen-bond donors (Lipinski definition) is 0. The first-order valence-electron chi connectivity index (χ1n) is 8.56. The van der Waals surface area contributed by atoms with Crippen molar-refractivity contribution in [2.75, 3.05) is 19.7 Å². The minimum atomic E-state index is -2.93. The molecule has 0 atom stereocenters. The van der Waals surface area contributed by atoms with E-state index in [1.807, 2.05) is 0 Å². The first kappa shape index (κ1) is 18.7. The lowest BCUT2D eigenvalue weighted by Gasteiger charge is -2.27. The summed E-state index contributed by atoms with van der Waals surface area (Å²) in [4.78, 5) is 19.0. The van der Waals surface area contributed by atoms with Crippen molar-refractivity contribution in [2.45, 2.75) is 32.8 Å². The Kier molecular flexibility index (Phi) is 6.13. The number of alkyl halides is 2. The molecule has 0 N–H and O–H groups in total. The quantitative estimate of drug-likeness (QED) is 0.717. The van der Waals surface area contributed by atoms with Gasteiger partial charge in [0.2, 0.25) is 0 Å². The topological polar surface area (TPSA) is 51.1 Å². The van der Waals surface area contributed by atoms with Crippen LogP contribution < -0.4 is 9.47 Å². The Hall–Kier alpha value is -2.09. The van der Waals surface area contributed by atoms with Crippen LogP contribution in [-0.4, -0.2) is 42.3 Å². The number of rotatable bonds is 5. The molecule has 5 nitrogen and oxygen atoms in total. The van der Waals surface area contributed by atoms with Gasteiger partial charge >= 0.3 is 6.61 Å². The van der Waals surface area contributed by atoms with Gasteiger partial charge in [0.1, 0.15) is 0 Å². The molecule has 8 heteroatoms. The third-order valence-corrected chi connectivity index (χ3v) is 5.06. The van der Waals surface area contributed by atoms with E-state index in [0.29, 0.717) is 17.1 Å². The van der Waals surface area contributed by atoms with Gasteiger partial charge in [-0.1, -0.05) is 6.07 Å². The van der Waals surface area contributed by atoms with Crippen LogP contribution in [0.15, 0.2) is 28.1 Å². The van der Waals surface area contributed by atoms with Gasteiger partial charge in [0.15, 0.2) is 16.7 Å². The van der Waals surface area contributed by atoms with Gasteiger partial charge in [0.25, 0.3) is 5.91 Å². The van der Waals surface area contributed by atoms with E-state index in [9.17, 15) is 13.6 Å². The van der Waals surface area contributed by atoms with Crippen LogP contribution in [0.25, 0.3) is 6.08 Å². The molecule has 0 spiro atoms. The second kappa shape index (κ2) is 8.53. The largest absolute Gasteiger partial charge is 0.490 e. The molecule has 1 aromatic rings. The molecule has 26 heavy (non-hydrogen) atoms. The van der Waals surface area contributed by atoms with E-state index in [-0.39, 0.29) is 17.4 Å². The maximum atomic E-state index is 12.5. The highest BCUT2D eigenvalue weighted by molar-refractivity contribution is 8.18. The zero-order valence-electron chi connectivity index (χ0n) is 14.4. The number of thioether (sulfide) groups is 1. The summed E-state index contributed by atoms with van der Waals surface area (Å²) in [5.41, 5.74) is 0.668. The number of carbonyl (C=O) groups excluding carboxylic acids is 1. The third-order valence-electron chi connectivity index (χ3n) is 4.02. The summed E-state index contributed by atoms with van der Waals surface area (Å²) >= 11 is 1.35. The lowest BCUT2D eigenvalue weighted by atomic mass is 10.1. The highest BCUT2D eigenvalue weighted by atomic mass is 32.2. The van der Waals surface area contributed by atoms with Crippen molar-refractivity contribution in [3.8, 4) is 11.5 Å². The van der Waals surface area contributed by atoms with E-state index in [4.69, 9.17) is 4.74 Å². The summed E-state index contributed by atoms with van der Waals surface area (Å²) in [5.74, 6) is -0.0872. The number of likely N-dealkylation sites (tertiary alicyclic amines) is 1. The minimum Gasteiger partial charge on any atom is -0.490 e. The van der Waals surface area contributed by atoms with Crippen molar-refractivity contribution in [3.63, 3.8) is 0 Å². The third kappa shape index (κ3) is 4.55. The Bertz CT molecular complexity index is 731. The summed E-state index contributed by atoms with van der Waals surface area (Å²) in [5, 5.41) is 0.739. The summed E-state index contributed by atoms with van der Waals surface area (Å²) in [7, 11) is 0. The summed E-state index contributed by atoms with van der Waals surface area (Å²) < 4.78 is 34.8. The second-order valence-electron chi connectivity index (χ2n) is 5.88. The Morgan fingerprint density at radius 2 is 2.04 bits per heavy atom. The standard InChI is InChI=1S/C18H20F2N2O3S/c1-2-24-14-10-12(6-7-13(14)25-17(19)20)11-15-16(23)21-18(26-15)22-8-4-3-5-9-22/h6-7,10-11,17H,2-5,8-9H2,1H3. The molecule has 2 aliphatic heterocycles. The van der Waals surface area contributed by atoms with Crippen LogP contribution >= 0.6 is 11.8 Å². The molecule has 1 saturated heterocycles. The molecule has 2 aliphatic rings. The average Bonchev–Trinajstić information content (AvgIpc) is 2.98. The molecule has 0 aromatic heterocycles. The van der Waals surface area contributed by atoms with Crippen LogP contribution in [0.3, 0.4) is 0 Å². The van der Waals surface area contributed by atoms with Gasteiger partial charge in [-0.25, -0.2) is 0 Å². The number of benzene rings is 1. The smallest absolute Gasteiger partial charge is 0.387 e. The van der Waals surface area contributed by atoms with Crippen LogP contribution in [-0.2, 0) is 4.79 Å². The molecule has 1 amide bonds. The van der Waals surface area contributed by atoms with Gasteiger partial charge in [0.05, 0.1) is 11.5 Å². The predicted octanol–water partition coefficient (Wildman–Crippen LogP) is 4.14. The molecule has 140 valence electrons. The maximum absolute atomic E-state index is 12.5. The molecule has 0 radical (unpaired) electrons. The van der Waals surface area contributed by atoms with Crippen molar-refractivity contribution >= 4 is 28.9 Å². The minimum absolute atomic E-state index is 0.0281. The van der Waals surface area contributed by atoms with Gasteiger partial charge < -0.3 is 14.4 Å². The number of amidine groups is 1. The number of amides is 1. The van der Waals surface area contributed by atoms with Gasteiger partial charge in [-0.15, -0.1) is 0 Å². The fourth-order valence-corrected chi connectivity index (χ4v) is 3.81. The molecule has 0 unspecified atom stereocenters. The van der Waals surface area contributed by atoms with Crippen molar-refractivity contribution in [1.29, 1.82) is 0 Å².